The van der Waals surface area contributed by atoms with Crippen molar-refractivity contribution in [3.05, 3.63) is 30.6 Å². The molecule has 4 nitrogen and oxygen atoms in total. The van der Waals surface area contributed by atoms with Crippen LogP contribution in [0.4, 0.5) is 0 Å². The molecule has 0 bridgehead atoms. The van der Waals surface area contributed by atoms with E-state index in [9.17, 15) is 0 Å². The topological polar surface area (TPSA) is 43.5 Å². The van der Waals surface area contributed by atoms with Crippen LogP contribution in [0.3, 0.4) is 0 Å². The van der Waals surface area contributed by atoms with Gasteiger partial charge in [-0.25, -0.2) is 0 Å². The third-order valence-electron chi connectivity index (χ3n) is 2.51. The Labute approximate surface area is 100 Å². The van der Waals surface area contributed by atoms with Crippen molar-refractivity contribution in [2.24, 2.45) is 0 Å². The highest BCUT2D eigenvalue weighted by atomic mass is 16.5. The van der Waals surface area contributed by atoms with E-state index in [-0.39, 0.29) is 0 Å². The monoisotopic (exact) mass is 232 g/mol. The fourth-order valence-corrected chi connectivity index (χ4v) is 1.69. The number of hydrogen-bond donors (Lipinski definition) is 1. The average Bonchev–Trinajstić information content (AvgIpc) is 2.90. The Bertz CT molecular complexity index is 466. The minimum Gasteiger partial charge on any atom is -0.493 e. The summed E-state index contributed by atoms with van der Waals surface area (Å²) in [5.74, 6) is 1.86. The van der Waals surface area contributed by atoms with E-state index in [2.05, 4.69) is 11.1 Å². The summed E-state index contributed by atoms with van der Waals surface area (Å²) >= 11 is 0. The number of nitrogens with one attached hydrogen (secondary N) is 1. The van der Waals surface area contributed by atoms with Crippen molar-refractivity contribution in [1.29, 1.82) is 0 Å². The standard InChI is InChI=1S/C13H14NO3/c1-15-11-6-10(9-4-5-14-8-9)7-12(16-2)13(11)17-3/h5-8,14H,1-3H3. The third-order valence-corrected chi connectivity index (χ3v) is 2.51. The van der Waals surface area contributed by atoms with Crippen molar-refractivity contribution in [2.75, 3.05) is 21.3 Å². The van der Waals surface area contributed by atoms with E-state index in [1.165, 1.54) is 0 Å². The minimum atomic E-state index is 0.592. The van der Waals surface area contributed by atoms with Crippen LogP contribution in [0.15, 0.2) is 24.5 Å². The second-order valence-corrected chi connectivity index (χ2v) is 3.43. The van der Waals surface area contributed by atoms with Crippen molar-refractivity contribution in [2.45, 2.75) is 0 Å². The van der Waals surface area contributed by atoms with Gasteiger partial charge in [0.25, 0.3) is 0 Å². The van der Waals surface area contributed by atoms with Gasteiger partial charge in [-0.3, -0.25) is 0 Å². The maximum atomic E-state index is 5.29. The molecular formula is C13H14NO3. The van der Waals surface area contributed by atoms with Crippen LogP contribution in [0.1, 0.15) is 0 Å². The predicted molar refractivity (Wildman–Crippen MR) is 64.7 cm³/mol. The van der Waals surface area contributed by atoms with E-state index >= 15 is 0 Å². The molecule has 2 rings (SSSR count). The first-order chi connectivity index (χ1) is 8.30. The van der Waals surface area contributed by atoms with Gasteiger partial charge < -0.3 is 19.2 Å². The molecule has 1 N–H and O–H groups in total. The first-order valence-electron chi connectivity index (χ1n) is 5.15. The average molecular weight is 232 g/mol. The Morgan fingerprint density at radius 3 is 2.06 bits per heavy atom. The summed E-state index contributed by atoms with van der Waals surface area (Å²) in [5, 5.41) is 0. The molecule has 2 aromatic rings. The molecule has 0 unspecified atom stereocenters. The van der Waals surface area contributed by atoms with Gasteiger partial charge in [0.15, 0.2) is 11.5 Å². The van der Waals surface area contributed by atoms with Crippen molar-refractivity contribution >= 4 is 0 Å². The molecule has 1 aromatic heterocycles. The molecule has 89 valence electrons. The zero-order valence-electron chi connectivity index (χ0n) is 10.0. The van der Waals surface area contributed by atoms with Crippen LogP contribution in [0.5, 0.6) is 17.2 Å². The van der Waals surface area contributed by atoms with Gasteiger partial charge in [-0.05, 0) is 17.7 Å². The number of hydrogen-bond acceptors (Lipinski definition) is 3. The zero-order chi connectivity index (χ0) is 12.3. The van der Waals surface area contributed by atoms with Crippen LogP contribution in [-0.2, 0) is 0 Å². The second kappa shape index (κ2) is 4.82. The lowest BCUT2D eigenvalue weighted by molar-refractivity contribution is 0.324. The lowest BCUT2D eigenvalue weighted by Gasteiger charge is -2.13. The number of methoxy groups -OCH3 is 3. The second-order valence-electron chi connectivity index (χ2n) is 3.43. The van der Waals surface area contributed by atoms with Crippen LogP contribution < -0.4 is 14.2 Å². The highest BCUT2D eigenvalue weighted by molar-refractivity contribution is 5.70. The van der Waals surface area contributed by atoms with Gasteiger partial charge >= 0.3 is 0 Å². The Morgan fingerprint density at radius 2 is 1.65 bits per heavy atom. The van der Waals surface area contributed by atoms with E-state index in [0.29, 0.717) is 17.2 Å². The molecule has 4 heteroatoms. The van der Waals surface area contributed by atoms with E-state index in [1.807, 2.05) is 18.3 Å². The number of aromatic nitrogens is 1. The van der Waals surface area contributed by atoms with Gasteiger partial charge in [0.1, 0.15) is 0 Å². The molecule has 1 aromatic carbocycles. The largest absolute Gasteiger partial charge is 0.493 e. The predicted octanol–water partition coefficient (Wildman–Crippen LogP) is 2.51. The summed E-state index contributed by atoms with van der Waals surface area (Å²) < 4.78 is 15.8. The highest BCUT2D eigenvalue weighted by Gasteiger charge is 2.13. The summed E-state index contributed by atoms with van der Waals surface area (Å²) in [4.78, 5) is 2.96. The van der Waals surface area contributed by atoms with Gasteiger partial charge in [-0.15, -0.1) is 0 Å². The highest BCUT2D eigenvalue weighted by Crippen LogP contribution is 2.40. The number of aromatic amines is 1. The normalized spacial score (nSPS) is 10.1. The van der Waals surface area contributed by atoms with E-state index in [0.717, 1.165) is 11.1 Å². The molecular weight excluding hydrogens is 218 g/mol. The molecule has 17 heavy (non-hydrogen) atoms. The summed E-state index contributed by atoms with van der Waals surface area (Å²) in [6.45, 7) is 0. The number of H-pyrrole nitrogens is 1. The van der Waals surface area contributed by atoms with Crippen molar-refractivity contribution in [3.63, 3.8) is 0 Å². The third kappa shape index (κ3) is 2.06. The van der Waals surface area contributed by atoms with Crippen molar-refractivity contribution in [1.82, 2.24) is 4.98 Å². The van der Waals surface area contributed by atoms with Crippen LogP contribution >= 0.6 is 0 Å². The van der Waals surface area contributed by atoms with Gasteiger partial charge in [-0.2, -0.15) is 0 Å². The Kier molecular flexibility index (Phi) is 3.23. The molecule has 0 saturated carbocycles. The molecule has 0 aliphatic carbocycles. The number of rotatable bonds is 4. The molecule has 0 saturated heterocycles. The molecule has 1 radical (unpaired) electrons. The Hall–Kier alpha value is -2.10. The molecule has 0 fully saturated rings. The fourth-order valence-electron chi connectivity index (χ4n) is 1.69. The minimum absolute atomic E-state index is 0.592. The van der Waals surface area contributed by atoms with E-state index in [4.69, 9.17) is 14.2 Å². The first kappa shape index (κ1) is 11.4. The lowest BCUT2D eigenvalue weighted by atomic mass is 10.1. The van der Waals surface area contributed by atoms with Crippen LogP contribution in [0.2, 0.25) is 0 Å². The van der Waals surface area contributed by atoms with E-state index in [1.54, 1.807) is 27.5 Å². The fraction of sp³-hybridized carbons (Fsp3) is 0.231. The smallest absolute Gasteiger partial charge is 0.203 e. The molecule has 0 aliphatic heterocycles. The first-order valence-corrected chi connectivity index (χ1v) is 5.15. The van der Waals surface area contributed by atoms with Crippen LogP contribution in [0.25, 0.3) is 11.1 Å². The number of benzene rings is 1. The summed E-state index contributed by atoms with van der Waals surface area (Å²) in [6.07, 6.45) is 3.61. The van der Waals surface area contributed by atoms with Gasteiger partial charge in [0.05, 0.1) is 21.3 Å². The lowest BCUT2D eigenvalue weighted by Crippen LogP contribution is -1.95. The molecule has 0 spiro atoms. The van der Waals surface area contributed by atoms with Gasteiger partial charge in [-0.1, -0.05) is 0 Å². The van der Waals surface area contributed by atoms with Crippen molar-refractivity contribution < 1.29 is 14.2 Å². The van der Waals surface area contributed by atoms with Gasteiger partial charge in [0, 0.05) is 24.0 Å². The zero-order valence-corrected chi connectivity index (χ0v) is 10.0. The molecule has 0 aliphatic rings. The molecule has 1 heterocycles. The van der Waals surface area contributed by atoms with Gasteiger partial charge in [0.2, 0.25) is 5.75 Å². The molecule has 0 atom stereocenters. The van der Waals surface area contributed by atoms with Crippen molar-refractivity contribution in [3.8, 4) is 28.4 Å². The Morgan fingerprint density at radius 1 is 1.00 bits per heavy atom. The Balaban J connectivity index is 2.56. The SMILES string of the molecule is COc1cc(-c2[c]c[nH]c2)cc(OC)c1OC. The summed E-state index contributed by atoms with van der Waals surface area (Å²) in [7, 11) is 4.78. The summed E-state index contributed by atoms with van der Waals surface area (Å²) in [6, 6.07) is 6.87. The number of ether oxygens (including phenoxy) is 3. The van der Waals surface area contributed by atoms with E-state index < -0.39 is 0 Å². The van der Waals surface area contributed by atoms with Crippen LogP contribution in [0, 0.1) is 6.07 Å². The molecule has 0 amide bonds. The summed E-state index contributed by atoms with van der Waals surface area (Å²) in [5.41, 5.74) is 1.91. The quantitative estimate of drug-likeness (QED) is 0.880. The van der Waals surface area contributed by atoms with Crippen LogP contribution in [-0.4, -0.2) is 26.3 Å². The maximum Gasteiger partial charge on any atom is 0.203 e. The maximum absolute atomic E-state index is 5.29.